The Morgan fingerprint density at radius 1 is 1.41 bits per heavy atom. The molecule has 2 aromatic carbocycles. The summed E-state index contributed by atoms with van der Waals surface area (Å²) in [5.74, 6) is -0.493. The molecule has 0 radical (unpaired) electrons. The van der Waals surface area contributed by atoms with Crippen molar-refractivity contribution in [3.63, 3.8) is 0 Å². The zero-order valence-corrected chi connectivity index (χ0v) is 13.7. The summed E-state index contributed by atoms with van der Waals surface area (Å²) < 4.78 is 14.4. The quantitative estimate of drug-likeness (QED) is 0.328. The van der Waals surface area contributed by atoms with E-state index in [9.17, 15) is 4.39 Å². The van der Waals surface area contributed by atoms with Crippen molar-refractivity contribution in [1.82, 2.24) is 0 Å². The lowest BCUT2D eigenvalue weighted by molar-refractivity contribution is 0.521. The van der Waals surface area contributed by atoms with E-state index in [-0.39, 0.29) is 11.6 Å². The molecule has 1 N–H and O–H groups in total. The van der Waals surface area contributed by atoms with Gasteiger partial charge in [-0.15, -0.1) is 0 Å². The smallest absolute Gasteiger partial charge is 0.145 e. The molecule has 7 heteroatoms. The molecule has 0 aliphatic carbocycles. The molecule has 1 aliphatic heterocycles. The molecule has 22 heavy (non-hydrogen) atoms. The molecular weight excluding hydrogens is 371 g/mol. The van der Waals surface area contributed by atoms with Crippen molar-refractivity contribution in [3.05, 3.63) is 73.3 Å². The SMILES string of the molecule is [N-]=[N+]=NC[C@]1(c2ccccc2)Cc2c(cc(F)c(Cl)c2Br)N1. The Bertz CT molecular complexity index is 777. The molecule has 4 nitrogen and oxygen atoms in total. The number of hydrogen-bond donors (Lipinski definition) is 1. The summed E-state index contributed by atoms with van der Waals surface area (Å²) in [5, 5.41) is 7.11. The first-order chi connectivity index (χ1) is 10.6. The minimum atomic E-state index is -0.602. The second-order valence-corrected chi connectivity index (χ2v) is 6.32. The Kier molecular flexibility index (Phi) is 4.00. The Balaban J connectivity index is 2.12. The van der Waals surface area contributed by atoms with Crippen molar-refractivity contribution in [3.8, 4) is 0 Å². The molecular formula is C15H11BrClFN4. The van der Waals surface area contributed by atoms with Gasteiger partial charge in [-0.2, -0.15) is 0 Å². The summed E-state index contributed by atoms with van der Waals surface area (Å²) in [6, 6.07) is 11.0. The predicted octanol–water partition coefficient (Wildman–Crippen LogP) is 5.42. The van der Waals surface area contributed by atoms with Crippen LogP contribution in [0.15, 0.2) is 46.0 Å². The van der Waals surface area contributed by atoms with E-state index in [1.807, 2.05) is 30.3 Å². The van der Waals surface area contributed by atoms with Gasteiger partial charge in [-0.3, -0.25) is 0 Å². The van der Waals surface area contributed by atoms with Crippen molar-refractivity contribution >= 4 is 33.2 Å². The molecule has 0 fully saturated rings. The van der Waals surface area contributed by atoms with Crippen LogP contribution in [0.5, 0.6) is 0 Å². The van der Waals surface area contributed by atoms with Gasteiger partial charge < -0.3 is 5.32 Å². The van der Waals surface area contributed by atoms with Gasteiger partial charge in [-0.1, -0.05) is 47.0 Å². The van der Waals surface area contributed by atoms with E-state index in [2.05, 4.69) is 31.3 Å². The average Bonchev–Trinajstić information content (AvgIpc) is 2.92. The van der Waals surface area contributed by atoms with Gasteiger partial charge in [0.05, 0.1) is 17.1 Å². The maximum Gasteiger partial charge on any atom is 0.145 e. The molecule has 0 amide bonds. The maximum atomic E-state index is 13.9. The molecule has 1 atom stereocenters. The van der Waals surface area contributed by atoms with Crippen molar-refractivity contribution in [2.45, 2.75) is 12.0 Å². The van der Waals surface area contributed by atoms with Crippen LogP contribution < -0.4 is 5.32 Å². The number of nitrogens with one attached hydrogen (secondary N) is 1. The minimum Gasteiger partial charge on any atom is -0.375 e. The largest absolute Gasteiger partial charge is 0.375 e. The summed E-state index contributed by atoms with van der Waals surface area (Å²) in [4.78, 5) is 2.86. The van der Waals surface area contributed by atoms with Gasteiger partial charge in [0.2, 0.25) is 0 Å². The number of benzene rings is 2. The second kappa shape index (κ2) is 5.80. The van der Waals surface area contributed by atoms with Crippen LogP contribution in [0.2, 0.25) is 5.02 Å². The van der Waals surface area contributed by atoms with E-state index in [0.29, 0.717) is 16.6 Å². The molecule has 112 valence electrons. The standard InChI is InChI=1S/C15H11BrClFN4/c16-13-10-7-15(8-20-22-19,9-4-2-1-3-5-9)21-12(10)6-11(18)14(13)17/h1-6,21H,7-8H2/t15-/m0/s1. The number of nitrogens with zero attached hydrogens (tertiary/aromatic N) is 3. The number of anilines is 1. The third-order valence-electron chi connectivity index (χ3n) is 3.85. The second-order valence-electron chi connectivity index (χ2n) is 5.15. The maximum absolute atomic E-state index is 13.9. The fraction of sp³-hybridized carbons (Fsp3) is 0.200. The third kappa shape index (κ3) is 2.43. The van der Waals surface area contributed by atoms with E-state index in [0.717, 1.165) is 11.1 Å². The molecule has 1 aliphatic rings. The molecule has 0 bridgehead atoms. The Labute approximate surface area is 140 Å². The highest BCUT2D eigenvalue weighted by Crippen LogP contribution is 2.45. The summed E-state index contributed by atoms with van der Waals surface area (Å²) >= 11 is 9.33. The molecule has 0 saturated carbocycles. The lowest BCUT2D eigenvalue weighted by atomic mass is 9.87. The summed E-state index contributed by atoms with van der Waals surface area (Å²) in [6.45, 7) is 0.216. The zero-order chi connectivity index (χ0) is 15.7. The van der Waals surface area contributed by atoms with E-state index in [1.165, 1.54) is 6.07 Å². The Morgan fingerprint density at radius 2 is 2.14 bits per heavy atom. The number of fused-ring (bicyclic) bond motifs is 1. The number of hydrogen-bond acceptors (Lipinski definition) is 2. The van der Waals surface area contributed by atoms with Crippen molar-refractivity contribution in [2.24, 2.45) is 5.11 Å². The van der Waals surface area contributed by atoms with Crippen LogP contribution in [0, 0.1) is 5.82 Å². The molecule has 3 rings (SSSR count). The van der Waals surface area contributed by atoms with E-state index in [1.54, 1.807) is 0 Å². The normalized spacial score (nSPS) is 19.2. The van der Waals surface area contributed by atoms with E-state index in [4.69, 9.17) is 17.1 Å². The summed E-state index contributed by atoms with van der Waals surface area (Å²) in [7, 11) is 0. The fourth-order valence-electron chi connectivity index (χ4n) is 2.79. The predicted molar refractivity (Wildman–Crippen MR) is 88.6 cm³/mol. The molecule has 2 aromatic rings. The molecule has 0 saturated heterocycles. The number of halogens is 3. The van der Waals surface area contributed by atoms with Gasteiger partial charge in [-0.25, -0.2) is 4.39 Å². The first-order valence-electron chi connectivity index (χ1n) is 6.58. The minimum absolute atomic E-state index is 0.0631. The van der Waals surface area contributed by atoms with Crippen LogP contribution in [0.3, 0.4) is 0 Å². The van der Waals surface area contributed by atoms with Crippen LogP contribution in [-0.4, -0.2) is 6.54 Å². The zero-order valence-electron chi connectivity index (χ0n) is 11.4. The van der Waals surface area contributed by atoms with Gasteiger partial charge in [0.1, 0.15) is 5.82 Å². The first-order valence-corrected chi connectivity index (χ1v) is 7.75. The average molecular weight is 382 g/mol. The highest BCUT2D eigenvalue weighted by Gasteiger charge is 2.39. The number of azide groups is 1. The van der Waals surface area contributed by atoms with E-state index < -0.39 is 11.4 Å². The van der Waals surface area contributed by atoms with Crippen molar-refractivity contribution in [1.29, 1.82) is 0 Å². The van der Waals surface area contributed by atoms with Crippen LogP contribution >= 0.6 is 27.5 Å². The fourth-order valence-corrected chi connectivity index (χ4v) is 3.50. The van der Waals surface area contributed by atoms with Crippen molar-refractivity contribution in [2.75, 3.05) is 11.9 Å². The highest BCUT2D eigenvalue weighted by atomic mass is 79.9. The van der Waals surface area contributed by atoms with Gasteiger partial charge in [0.15, 0.2) is 0 Å². The lowest BCUT2D eigenvalue weighted by Gasteiger charge is -2.29. The lowest BCUT2D eigenvalue weighted by Crippen LogP contribution is -2.36. The molecule has 0 spiro atoms. The monoisotopic (exact) mass is 380 g/mol. The van der Waals surface area contributed by atoms with Gasteiger partial charge >= 0.3 is 0 Å². The van der Waals surface area contributed by atoms with Gasteiger partial charge in [0.25, 0.3) is 0 Å². The van der Waals surface area contributed by atoms with Crippen LogP contribution in [0.1, 0.15) is 11.1 Å². The van der Waals surface area contributed by atoms with Crippen LogP contribution in [0.4, 0.5) is 10.1 Å². The number of rotatable bonds is 3. The molecule has 1 heterocycles. The first kappa shape index (κ1) is 15.2. The van der Waals surface area contributed by atoms with E-state index >= 15 is 0 Å². The van der Waals surface area contributed by atoms with Crippen LogP contribution in [-0.2, 0) is 12.0 Å². The highest BCUT2D eigenvalue weighted by molar-refractivity contribution is 9.10. The topological polar surface area (TPSA) is 60.8 Å². The molecule has 0 unspecified atom stereocenters. The summed E-state index contributed by atoms with van der Waals surface area (Å²) in [5.41, 5.74) is 10.6. The Morgan fingerprint density at radius 3 is 2.82 bits per heavy atom. The van der Waals surface area contributed by atoms with Gasteiger partial charge in [-0.05, 0) is 38.7 Å². The molecule has 0 aromatic heterocycles. The Hall–Kier alpha value is -1.75. The summed E-state index contributed by atoms with van der Waals surface area (Å²) in [6.07, 6.45) is 0.548. The van der Waals surface area contributed by atoms with Gasteiger partial charge in [0, 0.05) is 21.5 Å². The van der Waals surface area contributed by atoms with Crippen molar-refractivity contribution < 1.29 is 4.39 Å². The third-order valence-corrected chi connectivity index (χ3v) is 5.32. The van der Waals surface area contributed by atoms with Crippen LogP contribution in [0.25, 0.3) is 10.4 Å².